The van der Waals surface area contributed by atoms with Gasteiger partial charge >= 0.3 is 5.97 Å². The molecule has 2 bridgehead atoms. The van der Waals surface area contributed by atoms with Crippen LogP contribution >= 0.6 is 0 Å². The van der Waals surface area contributed by atoms with E-state index in [9.17, 15) is 13.2 Å². The van der Waals surface area contributed by atoms with Crippen molar-refractivity contribution >= 4 is 15.8 Å². The lowest BCUT2D eigenvalue weighted by atomic mass is 9.45. The molecule has 0 amide bonds. The van der Waals surface area contributed by atoms with Crippen molar-refractivity contribution in [2.45, 2.75) is 44.8 Å². The molecule has 3 fully saturated rings. The molecule has 0 radical (unpaired) electrons. The van der Waals surface area contributed by atoms with Gasteiger partial charge in [0.1, 0.15) is 6.10 Å². The summed E-state index contributed by atoms with van der Waals surface area (Å²) in [5.74, 6) is 0.854. The van der Waals surface area contributed by atoms with Crippen LogP contribution in [0.25, 0.3) is 0 Å². The molecular weight excluding hydrogens is 304 g/mol. The van der Waals surface area contributed by atoms with Gasteiger partial charge in [0.15, 0.2) is 0 Å². The summed E-state index contributed by atoms with van der Waals surface area (Å²) in [6, 6.07) is 2.65. The first-order valence-electron chi connectivity index (χ1n) is 7.61. The van der Waals surface area contributed by atoms with Crippen molar-refractivity contribution in [1.29, 1.82) is 0 Å². The summed E-state index contributed by atoms with van der Waals surface area (Å²) in [6.45, 7) is 6.69. The minimum atomic E-state index is -3.45. The Labute approximate surface area is 130 Å². The third kappa shape index (κ3) is 2.37. The fourth-order valence-electron chi connectivity index (χ4n) is 4.08. The van der Waals surface area contributed by atoms with Crippen LogP contribution in [0.5, 0.6) is 0 Å². The number of sulfone groups is 1. The molecule has 4 rings (SSSR count). The largest absolute Gasteiger partial charge is 0.456 e. The Balaban J connectivity index is 1.69. The molecule has 0 spiro atoms. The van der Waals surface area contributed by atoms with Crippen molar-refractivity contribution in [2.24, 2.45) is 23.2 Å². The molecule has 3 aliphatic carbocycles. The molecule has 6 heteroatoms. The van der Waals surface area contributed by atoms with Gasteiger partial charge < -0.3 is 9.15 Å². The number of hydrogen-bond donors (Lipinski definition) is 0. The minimum absolute atomic E-state index is 0.0499. The van der Waals surface area contributed by atoms with E-state index in [0.717, 1.165) is 12.7 Å². The number of hydrogen-bond acceptors (Lipinski definition) is 5. The fraction of sp³-hybridized carbons (Fsp3) is 0.688. The second-order valence-electron chi connectivity index (χ2n) is 7.29. The maximum atomic E-state index is 12.2. The minimum Gasteiger partial charge on any atom is -0.456 e. The Morgan fingerprint density at radius 2 is 2.00 bits per heavy atom. The summed E-state index contributed by atoms with van der Waals surface area (Å²) in [5, 5.41) is -0.208. The fourth-order valence-corrected chi connectivity index (χ4v) is 4.64. The molecule has 5 nitrogen and oxygen atoms in total. The highest BCUT2D eigenvalue weighted by molar-refractivity contribution is 7.90. The molecule has 1 aromatic heterocycles. The number of fused-ring (bicyclic) bond motifs is 2. The molecule has 0 aliphatic heterocycles. The van der Waals surface area contributed by atoms with Crippen LogP contribution in [0.4, 0.5) is 0 Å². The summed E-state index contributed by atoms with van der Waals surface area (Å²) in [6.07, 6.45) is 3.01. The van der Waals surface area contributed by atoms with E-state index in [1.54, 1.807) is 0 Å². The van der Waals surface area contributed by atoms with E-state index >= 15 is 0 Å². The zero-order valence-corrected chi connectivity index (χ0v) is 14.1. The van der Waals surface area contributed by atoms with Crippen LogP contribution in [0, 0.1) is 23.2 Å². The van der Waals surface area contributed by atoms with Crippen LogP contribution in [-0.2, 0) is 14.6 Å². The van der Waals surface area contributed by atoms with E-state index in [1.165, 1.54) is 18.6 Å². The smallest absolute Gasteiger partial charge is 0.374 e. The van der Waals surface area contributed by atoms with Crippen molar-refractivity contribution in [1.82, 2.24) is 0 Å². The summed E-state index contributed by atoms with van der Waals surface area (Å²) in [5.41, 5.74) is 0.330. The average Bonchev–Trinajstić information content (AvgIpc) is 2.90. The van der Waals surface area contributed by atoms with Crippen molar-refractivity contribution in [3.05, 3.63) is 17.9 Å². The summed E-state index contributed by atoms with van der Waals surface area (Å²) >= 11 is 0. The summed E-state index contributed by atoms with van der Waals surface area (Å²) in [4.78, 5) is 12.2. The zero-order chi connectivity index (χ0) is 16.3. The van der Waals surface area contributed by atoms with E-state index in [4.69, 9.17) is 9.15 Å². The number of carbonyl (C=O) groups excluding carboxylic acids is 1. The van der Waals surface area contributed by atoms with Gasteiger partial charge in [-0.1, -0.05) is 20.8 Å². The lowest BCUT2D eigenvalue weighted by molar-refractivity contribution is -0.157. The molecule has 0 aromatic carbocycles. The molecule has 0 N–H and O–H groups in total. The lowest BCUT2D eigenvalue weighted by Crippen LogP contribution is -2.57. The molecule has 3 saturated carbocycles. The van der Waals surface area contributed by atoms with Gasteiger partial charge in [-0.2, -0.15) is 0 Å². The van der Waals surface area contributed by atoms with Crippen molar-refractivity contribution in [2.75, 3.05) is 6.26 Å². The topological polar surface area (TPSA) is 73.6 Å². The third-order valence-corrected chi connectivity index (χ3v) is 6.64. The van der Waals surface area contributed by atoms with Gasteiger partial charge in [-0.15, -0.1) is 0 Å². The average molecular weight is 326 g/mol. The number of ether oxygens (including phenoxy) is 1. The van der Waals surface area contributed by atoms with Gasteiger partial charge in [0.05, 0.1) is 0 Å². The zero-order valence-electron chi connectivity index (χ0n) is 13.3. The lowest BCUT2D eigenvalue weighted by Gasteiger charge is -2.61. The molecule has 3 aliphatic rings. The standard InChI is InChI=1S/C16H22O5S/c1-9-11-7-10(16(11,2)3)8-13(9)21-15(17)12-5-6-14(20-12)22(4,18)19/h5-6,9-11,13H,7-8H2,1-4H3. The molecule has 4 atom stereocenters. The van der Waals surface area contributed by atoms with Gasteiger partial charge in [0.2, 0.25) is 20.7 Å². The van der Waals surface area contributed by atoms with Gasteiger partial charge in [0.25, 0.3) is 0 Å². The molecule has 1 heterocycles. The number of rotatable bonds is 3. The monoisotopic (exact) mass is 326 g/mol. The SMILES string of the molecule is CC1C(OC(=O)c2ccc(S(C)(=O)=O)o2)CC2CC1C2(C)C. The van der Waals surface area contributed by atoms with Crippen LogP contribution in [0.15, 0.2) is 21.6 Å². The summed E-state index contributed by atoms with van der Waals surface area (Å²) in [7, 11) is -3.45. The Bertz CT molecular complexity index is 700. The first-order valence-corrected chi connectivity index (χ1v) is 9.50. The van der Waals surface area contributed by atoms with Gasteiger partial charge in [0, 0.05) is 6.26 Å². The van der Waals surface area contributed by atoms with Crippen LogP contribution in [-0.4, -0.2) is 26.7 Å². The molecular formula is C16H22O5S. The van der Waals surface area contributed by atoms with E-state index in [2.05, 4.69) is 20.8 Å². The Morgan fingerprint density at radius 3 is 2.50 bits per heavy atom. The first kappa shape index (κ1) is 15.6. The molecule has 1 aromatic rings. The highest BCUT2D eigenvalue weighted by atomic mass is 32.2. The third-order valence-electron chi connectivity index (χ3n) is 5.69. The van der Waals surface area contributed by atoms with Crippen LogP contribution in [0.2, 0.25) is 0 Å². The highest BCUT2D eigenvalue weighted by Crippen LogP contribution is 2.61. The van der Waals surface area contributed by atoms with Crippen molar-refractivity contribution in [3.8, 4) is 0 Å². The first-order chi connectivity index (χ1) is 10.1. The van der Waals surface area contributed by atoms with Gasteiger partial charge in [-0.25, -0.2) is 13.2 Å². The van der Waals surface area contributed by atoms with Gasteiger partial charge in [-0.05, 0) is 48.1 Å². The number of furan rings is 1. The maximum Gasteiger partial charge on any atom is 0.374 e. The Kier molecular flexibility index (Phi) is 3.43. The predicted molar refractivity (Wildman–Crippen MR) is 80.2 cm³/mol. The van der Waals surface area contributed by atoms with Crippen LogP contribution in [0.3, 0.4) is 0 Å². The predicted octanol–water partition coefficient (Wildman–Crippen LogP) is 2.91. The van der Waals surface area contributed by atoms with Crippen LogP contribution < -0.4 is 0 Å². The van der Waals surface area contributed by atoms with E-state index in [0.29, 0.717) is 23.2 Å². The molecule has 4 unspecified atom stereocenters. The molecule has 0 saturated heterocycles. The quantitative estimate of drug-likeness (QED) is 0.799. The van der Waals surface area contributed by atoms with E-state index in [-0.39, 0.29) is 17.0 Å². The second-order valence-corrected chi connectivity index (χ2v) is 9.24. The maximum absolute atomic E-state index is 12.2. The number of carbonyl (C=O) groups is 1. The van der Waals surface area contributed by atoms with Crippen LogP contribution in [0.1, 0.15) is 44.2 Å². The Morgan fingerprint density at radius 1 is 1.32 bits per heavy atom. The molecule has 22 heavy (non-hydrogen) atoms. The van der Waals surface area contributed by atoms with E-state index < -0.39 is 15.8 Å². The van der Waals surface area contributed by atoms with Crippen molar-refractivity contribution in [3.63, 3.8) is 0 Å². The van der Waals surface area contributed by atoms with Crippen molar-refractivity contribution < 1.29 is 22.4 Å². The normalized spacial score (nSPS) is 33.1. The molecule has 122 valence electrons. The number of esters is 1. The second kappa shape index (κ2) is 4.85. The van der Waals surface area contributed by atoms with Gasteiger partial charge in [-0.3, -0.25) is 0 Å². The highest BCUT2D eigenvalue weighted by Gasteiger charge is 2.57. The Hall–Kier alpha value is -1.30. The van der Waals surface area contributed by atoms with E-state index in [1.807, 2.05) is 0 Å². The summed E-state index contributed by atoms with van der Waals surface area (Å²) < 4.78 is 33.5.